The number of carbonyl (C=O) groups is 3. The van der Waals surface area contributed by atoms with Gasteiger partial charge in [-0.1, -0.05) is 141 Å². The number of esters is 2. The second-order valence-corrected chi connectivity index (χ2v) is 15.0. The van der Waals surface area contributed by atoms with Crippen LogP contribution in [0.15, 0.2) is 48.6 Å². The van der Waals surface area contributed by atoms with E-state index in [1.165, 1.54) is 51.4 Å². The number of hydrogen-bond acceptors (Lipinski definition) is 8. The first-order valence-corrected chi connectivity index (χ1v) is 22.9. The van der Waals surface area contributed by atoms with Crippen molar-refractivity contribution in [2.24, 2.45) is 5.92 Å². The predicted octanol–water partition coefficient (Wildman–Crippen LogP) is 13.2. The molecular weight excluding hydrogens is 703 g/mol. The summed E-state index contributed by atoms with van der Waals surface area (Å²) < 4.78 is 21.7. The molecule has 0 aliphatic heterocycles. The minimum absolute atomic E-state index is 0.0192. The van der Waals surface area contributed by atoms with Crippen molar-refractivity contribution in [3.05, 3.63) is 48.6 Å². The van der Waals surface area contributed by atoms with Crippen molar-refractivity contribution in [3.63, 3.8) is 0 Å². The third kappa shape index (κ3) is 39.4. The van der Waals surface area contributed by atoms with Gasteiger partial charge in [0.1, 0.15) is 19.8 Å². The monoisotopic (exact) mass is 788 g/mol. The van der Waals surface area contributed by atoms with Gasteiger partial charge in [-0.15, -0.1) is 0 Å². The Morgan fingerprint density at radius 3 is 1.27 bits per heavy atom. The van der Waals surface area contributed by atoms with Crippen LogP contribution in [0.25, 0.3) is 0 Å². The van der Waals surface area contributed by atoms with E-state index in [9.17, 15) is 14.4 Å². The van der Waals surface area contributed by atoms with Gasteiger partial charge in [-0.25, -0.2) is 4.79 Å². The Labute approximate surface area is 344 Å². The summed E-state index contributed by atoms with van der Waals surface area (Å²) in [6.07, 6.45) is 43.5. The van der Waals surface area contributed by atoms with E-state index in [2.05, 4.69) is 81.2 Å². The van der Waals surface area contributed by atoms with E-state index in [1.807, 2.05) is 0 Å². The zero-order chi connectivity index (χ0) is 41.0. The highest BCUT2D eigenvalue weighted by molar-refractivity contribution is 5.69. The highest BCUT2D eigenvalue weighted by Gasteiger charge is 2.18. The van der Waals surface area contributed by atoms with Crippen molar-refractivity contribution in [2.75, 3.05) is 46.1 Å². The summed E-state index contributed by atoms with van der Waals surface area (Å²) in [4.78, 5) is 39.6. The smallest absolute Gasteiger partial charge is 0.465 e. The number of allylic oxidation sites excluding steroid dienone is 8. The molecule has 0 saturated heterocycles. The Kier molecular flexibility index (Phi) is 41.0. The Hall–Kier alpha value is -2.87. The van der Waals surface area contributed by atoms with Crippen LogP contribution in [0.1, 0.15) is 188 Å². The van der Waals surface area contributed by atoms with E-state index in [1.54, 1.807) is 0 Å². The third-order valence-electron chi connectivity index (χ3n) is 9.79. The molecule has 0 fully saturated rings. The summed E-state index contributed by atoms with van der Waals surface area (Å²) in [6, 6.07) is 0. The molecule has 324 valence electrons. The quantitative estimate of drug-likeness (QED) is 0.0262. The number of rotatable bonds is 40. The van der Waals surface area contributed by atoms with E-state index in [-0.39, 0.29) is 38.4 Å². The first-order valence-electron chi connectivity index (χ1n) is 22.9. The van der Waals surface area contributed by atoms with Crippen LogP contribution < -0.4 is 0 Å². The molecule has 8 nitrogen and oxygen atoms in total. The van der Waals surface area contributed by atoms with Crippen LogP contribution in [0.4, 0.5) is 4.79 Å². The largest absolute Gasteiger partial charge is 0.508 e. The van der Waals surface area contributed by atoms with Crippen molar-refractivity contribution in [1.82, 2.24) is 4.90 Å². The van der Waals surface area contributed by atoms with E-state index < -0.39 is 12.1 Å². The van der Waals surface area contributed by atoms with Crippen LogP contribution in [0.5, 0.6) is 0 Å². The van der Waals surface area contributed by atoms with Crippen molar-refractivity contribution < 1.29 is 33.3 Å². The van der Waals surface area contributed by atoms with Gasteiger partial charge >= 0.3 is 18.1 Å². The maximum absolute atomic E-state index is 12.5. The summed E-state index contributed by atoms with van der Waals surface area (Å²) in [5, 5.41) is 0. The molecule has 0 saturated carbocycles. The molecule has 0 spiro atoms. The number of hydrogen-bond donors (Lipinski definition) is 0. The molecule has 0 aliphatic carbocycles. The lowest BCUT2D eigenvalue weighted by atomic mass is 10.1. The fraction of sp³-hybridized carbons (Fsp3) is 0.771. The van der Waals surface area contributed by atoms with Gasteiger partial charge in [0.25, 0.3) is 0 Å². The molecule has 0 rings (SSSR count). The van der Waals surface area contributed by atoms with E-state index in [4.69, 9.17) is 18.9 Å². The molecule has 8 heteroatoms. The topological polar surface area (TPSA) is 91.4 Å². The third-order valence-corrected chi connectivity index (χ3v) is 9.79. The Morgan fingerprint density at radius 1 is 0.446 bits per heavy atom. The molecule has 0 unspecified atom stereocenters. The first-order chi connectivity index (χ1) is 27.5. The van der Waals surface area contributed by atoms with Crippen LogP contribution in [0, 0.1) is 5.92 Å². The van der Waals surface area contributed by atoms with Crippen LogP contribution in [0.3, 0.4) is 0 Å². The number of nitrogens with zero attached hydrogens (tertiary/aromatic N) is 1. The molecule has 0 aromatic rings. The Balaban J connectivity index is 4.37. The standard InChI is InChI=1S/C48H85NO7/c1-5-9-11-13-15-17-19-21-23-25-27-29-31-33-35-38-46(50)54-42-45(44-56-48(52)53-41-37-40-49(7-3)8-4)43-55-47(51)39-36-34-32-30-28-26-24-22-20-18-16-14-12-10-6-2/h15-18,21-24,45H,5-14,19-20,25-44H2,1-4H3/b17-15+,18-16+,23-21+,24-22+. The van der Waals surface area contributed by atoms with Gasteiger partial charge < -0.3 is 23.8 Å². The second-order valence-electron chi connectivity index (χ2n) is 15.0. The molecule has 0 amide bonds. The van der Waals surface area contributed by atoms with Crippen LogP contribution in [0.2, 0.25) is 0 Å². The number of carbonyl (C=O) groups excluding carboxylic acids is 3. The van der Waals surface area contributed by atoms with Gasteiger partial charge in [-0.2, -0.15) is 0 Å². The second kappa shape index (κ2) is 43.3. The van der Waals surface area contributed by atoms with E-state index in [0.29, 0.717) is 12.8 Å². The normalized spacial score (nSPS) is 12.0. The zero-order valence-corrected chi connectivity index (χ0v) is 36.6. The zero-order valence-electron chi connectivity index (χ0n) is 36.6. The van der Waals surface area contributed by atoms with Gasteiger partial charge in [-0.3, -0.25) is 9.59 Å². The highest BCUT2D eigenvalue weighted by atomic mass is 16.7. The average Bonchev–Trinajstić information content (AvgIpc) is 3.20. The SMILES string of the molecule is CCCCC/C=C/C/C=C/CCCCCCCC(=O)OCC(COC(=O)CCCCCCC/C=C/C/C=C/CCCCC)COC(=O)OCCCN(CC)CC. The Bertz CT molecular complexity index is 955. The molecule has 0 aromatic carbocycles. The van der Waals surface area contributed by atoms with Crippen molar-refractivity contribution >= 4 is 18.1 Å². The maximum Gasteiger partial charge on any atom is 0.508 e. The van der Waals surface area contributed by atoms with Crippen molar-refractivity contribution in [1.29, 1.82) is 0 Å². The minimum atomic E-state index is -0.762. The van der Waals surface area contributed by atoms with Crippen molar-refractivity contribution in [3.8, 4) is 0 Å². The van der Waals surface area contributed by atoms with Crippen LogP contribution in [-0.2, 0) is 28.5 Å². The fourth-order valence-electron chi connectivity index (χ4n) is 6.08. The molecule has 56 heavy (non-hydrogen) atoms. The molecule has 0 radical (unpaired) electrons. The van der Waals surface area contributed by atoms with Crippen LogP contribution in [-0.4, -0.2) is 69.1 Å². The number of unbranched alkanes of at least 4 members (excludes halogenated alkanes) is 16. The molecule has 0 heterocycles. The van der Waals surface area contributed by atoms with Gasteiger partial charge in [0.2, 0.25) is 0 Å². The fourth-order valence-corrected chi connectivity index (χ4v) is 6.08. The lowest BCUT2D eigenvalue weighted by molar-refractivity contribution is -0.150. The molecule has 0 bridgehead atoms. The Morgan fingerprint density at radius 2 is 0.839 bits per heavy atom. The summed E-state index contributed by atoms with van der Waals surface area (Å²) >= 11 is 0. The lowest BCUT2D eigenvalue weighted by Crippen LogP contribution is -2.27. The number of ether oxygens (including phenoxy) is 4. The minimum Gasteiger partial charge on any atom is -0.465 e. The van der Waals surface area contributed by atoms with Gasteiger partial charge in [-0.05, 0) is 96.6 Å². The average molecular weight is 788 g/mol. The lowest BCUT2D eigenvalue weighted by Gasteiger charge is -2.18. The highest BCUT2D eigenvalue weighted by Crippen LogP contribution is 2.12. The summed E-state index contributed by atoms with van der Waals surface area (Å²) in [5.74, 6) is -1.02. The van der Waals surface area contributed by atoms with Gasteiger partial charge in [0.15, 0.2) is 0 Å². The van der Waals surface area contributed by atoms with Crippen molar-refractivity contribution in [2.45, 2.75) is 188 Å². The van der Waals surface area contributed by atoms with E-state index in [0.717, 1.165) is 116 Å². The summed E-state index contributed by atoms with van der Waals surface area (Å²) in [7, 11) is 0. The van der Waals surface area contributed by atoms with Gasteiger partial charge in [0.05, 0.1) is 12.5 Å². The maximum atomic E-state index is 12.5. The van der Waals surface area contributed by atoms with Gasteiger partial charge in [0, 0.05) is 19.4 Å². The molecule has 0 atom stereocenters. The van der Waals surface area contributed by atoms with E-state index >= 15 is 0 Å². The molecule has 0 N–H and O–H groups in total. The summed E-state index contributed by atoms with van der Waals surface area (Å²) in [5.41, 5.74) is 0. The van der Waals surface area contributed by atoms with Crippen LogP contribution >= 0.6 is 0 Å². The molecule has 0 aliphatic rings. The predicted molar refractivity (Wildman–Crippen MR) is 234 cm³/mol. The first kappa shape index (κ1) is 53.1. The molecule has 0 aromatic heterocycles. The molecular formula is C48H85NO7. The summed E-state index contributed by atoms with van der Waals surface area (Å²) in [6.45, 7) is 11.7.